The maximum absolute atomic E-state index is 11.4. The van der Waals surface area contributed by atoms with Gasteiger partial charge in [-0.25, -0.2) is 9.97 Å². The van der Waals surface area contributed by atoms with Crippen molar-refractivity contribution in [3.05, 3.63) is 60.2 Å². The second-order valence-electron chi connectivity index (χ2n) is 3.41. The summed E-state index contributed by atoms with van der Waals surface area (Å²) in [7, 11) is 0. The van der Waals surface area contributed by atoms with Crippen molar-refractivity contribution in [2.75, 3.05) is 0 Å². The number of hydrogen-bond acceptors (Lipinski definition) is 3. The average Bonchev–Trinajstić information content (AvgIpc) is 2.38. The van der Waals surface area contributed by atoms with E-state index in [0.717, 1.165) is 5.56 Å². The van der Waals surface area contributed by atoms with Crippen LogP contribution in [0, 0.1) is 0 Å². The van der Waals surface area contributed by atoms with Crippen LogP contribution in [0.15, 0.2) is 48.8 Å². The first kappa shape index (κ1) is 11.0. The molecule has 1 heterocycles. The van der Waals surface area contributed by atoms with E-state index in [9.17, 15) is 4.79 Å². The fourth-order valence-electron chi connectivity index (χ4n) is 1.40. The van der Waals surface area contributed by atoms with Crippen molar-refractivity contribution in [2.45, 2.75) is 0 Å². The lowest BCUT2D eigenvalue weighted by atomic mass is 10.1. The summed E-state index contributed by atoms with van der Waals surface area (Å²) in [6.07, 6.45) is 4.83. The normalized spacial score (nSPS) is 11.2. The number of amides is 1. The Hall–Kier alpha value is -2.49. The Kier molecular flexibility index (Phi) is 3.25. The van der Waals surface area contributed by atoms with E-state index in [2.05, 4.69) is 9.97 Å². The molecule has 0 aliphatic rings. The molecule has 2 N–H and O–H groups in total. The second kappa shape index (κ2) is 5.03. The van der Waals surface area contributed by atoms with E-state index in [4.69, 9.17) is 5.73 Å². The molecule has 0 saturated carbocycles. The number of aromatic nitrogens is 2. The van der Waals surface area contributed by atoms with Crippen LogP contribution in [0.2, 0.25) is 0 Å². The number of hydrogen-bond donors (Lipinski definition) is 1. The summed E-state index contributed by atoms with van der Waals surface area (Å²) < 4.78 is 0. The second-order valence-corrected chi connectivity index (χ2v) is 3.41. The van der Waals surface area contributed by atoms with E-state index in [1.807, 2.05) is 30.3 Å². The van der Waals surface area contributed by atoms with Crippen LogP contribution in [-0.4, -0.2) is 15.9 Å². The molecule has 0 aliphatic carbocycles. The SMILES string of the molecule is NC(=O)/C(=C\c1ccccc1)c1ncccn1. The fraction of sp³-hybridized carbons (Fsp3) is 0. The topological polar surface area (TPSA) is 68.9 Å². The van der Waals surface area contributed by atoms with Crippen molar-refractivity contribution in [1.82, 2.24) is 9.97 Å². The summed E-state index contributed by atoms with van der Waals surface area (Å²) >= 11 is 0. The Balaban J connectivity index is 2.44. The van der Waals surface area contributed by atoms with Crippen molar-refractivity contribution in [1.29, 1.82) is 0 Å². The van der Waals surface area contributed by atoms with Crippen LogP contribution in [-0.2, 0) is 4.79 Å². The van der Waals surface area contributed by atoms with Gasteiger partial charge in [0.25, 0.3) is 5.91 Å². The van der Waals surface area contributed by atoms with Gasteiger partial charge in [0, 0.05) is 12.4 Å². The van der Waals surface area contributed by atoms with Crippen molar-refractivity contribution in [3.63, 3.8) is 0 Å². The summed E-state index contributed by atoms with van der Waals surface area (Å²) in [6.45, 7) is 0. The predicted octanol–water partition coefficient (Wildman–Crippen LogP) is 1.50. The molecule has 2 aromatic rings. The molecule has 1 aromatic carbocycles. The van der Waals surface area contributed by atoms with E-state index in [1.54, 1.807) is 24.5 Å². The summed E-state index contributed by atoms with van der Waals surface area (Å²) in [6, 6.07) is 11.1. The molecule has 17 heavy (non-hydrogen) atoms. The molecule has 4 nitrogen and oxygen atoms in total. The Bertz CT molecular complexity index is 535. The zero-order chi connectivity index (χ0) is 12.1. The van der Waals surface area contributed by atoms with Crippen LogP contribution in [0.25, 0.3) is 11.6 Å². The quantitative estimate of drug-likeness (QED) is 0.805. The molecule has 84 valence electrons. The van der Waals surface area contributed by atoms with E-state index in [-0.39, 0.29) is 0 Å². The minimum atomic E-state index is -0.542. The third-order valence-corrected chi connectivity index (χ3v) is 2.18. The Morgan fingerprint density at radius 3 is 2.29 bits per heavy atom. The number of carbonyl (C=O) groups is 1. The number of carbonyl (C=O) groups excluding carboxylic acids is 1. The molecule has 2 rings (SSSR count). The van der Waals surface area contributed by atoms with Crippen LogP contribution in [0.3, 0.4) is 0 Å². The number of nitrogens with two attached hydrogens (primary N) is 1. The largest absolute Gasteiger partial charge is 0.365 e. The first-order valence-corrected chi connectivity index (χ1v) is 5.11. The van der Waals surface area contributed by atoms with E-state index >= 15 is 0 Å². The molecular weight excluding hydrogens is 214 g/mol. The van der Waals surface area contributed by atoms with Gasteiger partial charge in [-0.15, -0.1) is 0 Å². The number of rotatable bonds is 3. The predicted molar refractivity (Wildman–Crippen MR) is 65.5 cm³/mol. The maximum Gasteiger partial charge on any atom is 0.252 e. The van der Waals surface area contributed by atoms with Gasteiger partial charge < -0.3 is 5.73 Å². The Morgan fingerprint density at radius 1 is 1.06 bits per heavy atom. The zero-order valence-electron chi connectivity index (χ0n) is 9.08. The van der Waals surface area contributed by atoms with Gasteiger partial charge in [-0.2, -0.15) is 0 Å². The summed E-state index contributed by atoms with van der Waals surface area (Å²) in [5, 5.41) is 0. The molecule has 0 radical (unpaired) electrons. The van der Waals surface area contributed by atoms with Gasteiger partial charge in [-0.3, -0.25) is 4.79 Å². The number of benzene rings is 1. The number of nitrogens with zero attached hydrogens (tertiary/aromatic N) is 2. The maximum atomic E-state index is 11.4. The summed E-state index contributed by atoms with van der Waals surface area (Å²) in [5.41, 5.74) is 6.52. The summed E-state index contributed by atoms with van der Waals surface area (Å²) in [4.78, 5) is 19.4. The molecule has 0 bridgehead atoms. The fourth-order valence-corrected chi connectivity index (χ4v) is 1.40. The van der Waals surface area contributed by atoms with Gasteiger partial charge in [0.1, 0.15) is 0 Å². The summed E-state index contributed by atoms with van der Waals surface area (Å²) in [5.74, 6) is -0.205. The van der Waals surface area contributed by atoms with Crippen molar-refractivity contribution in [2.24, 2.45) is 5.73 Å². The standard InChI is InChI=1S/C13H11N3O/c14-12(17)11(13-15-7-4-8-16-13)9-10-5-2-1-3-6-10/h1-9H,(H2,14,17)/b11-9+. The van der Waals surface area contributed by atoms with Crippen molar-refractivity contribution >= 4 is 17.6 Å². The molecule has 0 fully saturated rings. The average molecular weight is 225 g/mol. The molecule has 0 atom stereocenters. The van der Waals surface area contributed by atoms with Crippen molar-refractivity contribution < 1.29 is 4.79 Å². The minimum Gasteiger partial charge on any atom is -0.365 e. The first-order valence-electron chi connectivity index (χ1n) is 5.11. The lowest BCUT2D eigenvalue weighted by Gasteiger charge is -2.01. The van der Waals surface area contributed by atoms with Crippen LogP contribution in [0.4, 0.5) is 0 Å². The van der Waals surface area contributed by atoms with E-state index in [0.29, 0.717) is 11.4 Å². The third kappa shape index (κ3) is 2.75. The molecule has 0 spiro atoms. The minimum absolute atomic E-state index is 0.303. The molecule has 1 aromatic heterocycles. The van der Waals surface area contributed by atoms with Gasteiger partial charge in [0.2, 0.25) is 0 Å². The Morgan fingerprint density at radius 2 is 1.71 bits per heavy atom. The monoisotopic (exact) mass is 225 g/mol. The zero-order valence-corrected chi connectivity index (χ0v) is 9.08. The lowest BCUT2D eigenvalue weighted by molar-refractivity contribution is -0.112. The highest BCUT2D eigenvalue weighted by Gasteiger charge is 2.10. The lowest BCUT2D eigenvalue weighted by Crippen LogP contribution is -2.14. The van der Waals surface area contributed by atoms with Crippen LogP contribution in [0.5, 0.6) is 0 Å². The van der Waals surface area contributed by atoms with Gasteiger partial charge in [-0.05, 0) is 17.7 Å². The molecule has 0 unspecified atom stereocenters. The van der Waals surface area contributed by atoms with E-state index in [1.165, 1.54) is 0 Å². The first-order chi connectivity index (χ1) is 8.27. The molecule has 0 aliphatic heterocycles. The Labute approximate surface area is 98.8 Å². The van der Waals surface area contributed by atoms with Crippen LogP contribution >= 0.6 is 0 Å². The van der Waals surface area contributed by atoms with E-state index < -0.39 is 5.91 Å². The molecule has 4 heteroatoms. The van der Waals surface area contributed by atoms with Gasteiger partial charge in [0.05, 0.1) is 5.57 Å². The highest BCUT2D eigenvalue weighted by molar-refractivity contribution is 6.22. The highest BCUT2D eigenvalue weighted by atomic mass is 16.1. The van der Waals surface area contributed by atoms with Gasteiger partial charge in [0.15, 0.2) is 5.82 Å². The number of primary amides is 1. The highest BCUT2D eigenvalue weighted by Crippen LogP contribution is 2.13. The third-order valence-electron chi connectivity index (χ3n) is 2.18. The van der Waals surface area contributed by atoms with Crippen molar-refractivity contribution in [3.8, 4) is 0 Å². The smallest absolute Gasteiger partial charge is 0.252 e. The van der Waals surface area contributed by atoms with Crippen LogP contribution < -0.4 is 5.73 Å². The molecular formula is C13H11N3O. The van der Waals surface area contributed by atoms with Gasteiger partial charge >= 0.3 is 0 Å². The molecule has 1 amide bonds. The molecule has 0 saturated heterocycles. The van der Waals surface area contributed by atoms with Gasteiger partial charge in [-0.1, -0.05) is 30.3 Å². The van der Waals surface area contributed by atoms with Crippen LogP contribution in [0.1, 0.15) is 11.4 Å².